The fraction of sp³-hybridized carbons (Fsp3) is 0.333. The third-order valence-corrected chi connectivity index (χ3v) is 4.00. The number of anilines is 1. The largest absolute Gasteiger partial charge is 0.469 e. The van der Waals surface area contributed by atoms with E-state index in [1.165, 1.54) is 26.3 Å². The molecule has 0 spiro atoms. The summed E-state index contributed by atoms with van der Waals surface area (Å²) in [5.41, 5.74) is 0.636. The lowest BCUT2D eigenvalue weighted by atomic mass is 10.2. The number of ether oxygens (including phenoxy) is 1. The van der Waals surface area contributed by atoms with E-state index in [1.54, 1.807) is 12.1 Å². The van der Waals surface area contributed by atoms with Crippen LogP contribution in [0.5, 0.6) is 0 Å². The van der Waals surface area contributed by atoms with Crippen LogP contribution in [0.2, 0.25) is 0 Å². The van der Waals surface area contributed by atoms with Crippen LogP contribution in [-0.2, 0) is 19.7 Å². The first kappa shape index (κ1) is 15.9. The summed E-state index contributed by atoms with van der Waals surface area (Å²) in [6, 6.07) is 8.02. The monoisotopic (exact) mass is 297 g/mol. The Hall–Kier alpha value is -2.11. The molecule has 7 nitrogen and oxygen atoms in total. The summed E-state index contributed by atoms with van der Waals surface area (Å²) < 4.78 is 31.7. The maximum atomic E-state index is 12.0. The highest BCUT2D eigenvalue weighted by Gasteiger charge is 2.18. The molecule has 0 saturated heterocycles. The van der Waals surface area contributed by atoms with Crippen molar-refractivity contribution < 1.29 is 17.9 Å². The van der Waals surface area contributed by atoms with E-state index in [9.17, 15) is 13.2 Å². The summed E-state index contributed by atoms with van der Waals surface area (Å²) in [4.78, 5) is 11.0. The van der Waals surface area contributed by atoms with Gasteiger partial charge in [-0.15, -0.1) is 0 Å². The number of hydrogen-bond donors (Lipinski definition) is 1. The zero-order valence-electron chi connectivity index (χ0n) is 11.2. The second-order valence-corrected chi connectivity index (χ2v) is 5.72. The second-order valence-electron chi connectivity index (χ2n) is 3.95. The van der Waals surface area contributed by atoms with Crippen molar-refractivity contribution in [1.29, 1.82) is 5.26 Å². The molecule has 0 unspecified atom stereocenters. The summed E-state index contributed by atoms with van der Waals surface area (Å²) in [5, 5.41) is 8.75. The Bertz CT molecular complexity index is 622. The topological polar surface area (TPSA) is 99.5 Å². The predicted molar refractivity (Wildman–Crippen MR) is 73.0 cm³/mol. The molecule has 0 radical (unpaired) electrons. The van der Waals surface area contributed by atoms with Crippen LogP contribution in [-0.4, -0.2) is 39.4 Å². The molecule has 0 saturated carbocycles. The van der Waals surface area contributed by atoms with E-state index in [4.69, 9.17) is 5.26 Å². The highest BCUT2D eigenvalue weighted by atomic mass is 32.2. The number of nitrogens with zero attached hydrogens (tertiary/aromatic N) is 2. The minimum absolute atomic E-state index is 0.0000522. The van der Waals surface area contributed by atoms with Gasteiger partial charge in [0.25, 0.3) is 0 Å². The van der Waals surface area contributed by atoms with Crippen LogP contribution in [0, 0.1) is 11.3 Å². The molecule has 108 valence electrons. The maximum absolute atomic E-state index is 12.0. The number of rotatable bonds is 6. The molecule has 0 bridgehead atoms. The first-order valence-electron chi connectivity index (χ1n) is 5.70. The number of nitriles is 1. The van der Waals surface area contributed by atoms with E-state index < -0.39 is 16.2 Å². The molecule has 0 atom stereocenters. The number of nitrogens with one attached hydrogen (secondary N) is 1. The molecule has 1 aromatic carbocycles. The van der Waals surface area contributed by atoms with Gasteiger partial charge in [-0.2, -0.15) is 18.0 Å². The first-order chi connectivity index (χ1) is 9.39. The molecular weight excluding hydrogens is 282 g/mol. The van der Waals surface area contributed by atoms with Crippen molar-refractivity contribution in [1.82, 2.24) is 4.31 Å². The zero-order chi connectivity index (χ0) is 15.2. The highest BCUT2D eigenvalue weighted by molar-refractivity contribution is 7.90. The van der Waals surface area contributed by atoms with Crippen molar-refractivity contribution in [3.8, 4) is 6.07 Å². The van der Waals surface area contributed by atoms with Gasteiger partial charge in [0, 0.05) is 13.6 Å². The SMILES string of the molecule is COC(=O)CCN(C)S(=O)(=O)Nc1cccc(C#N)c1. The second kappa shape index (κ2) is 6.88. The summed E-state index contributed by atoms with van der Waals surface area (Å²) >= 11 is 0. The summed E-state index contributed by atoms with van der Waals surface area (Å²) in [6.45, 7) is -0.0000522. The molecule has 1 rings (SSSR count). The number of hydrogen-bond acceptors (Lipinski definition) is 5. The molecule has 0 amide bonds. The fourth-order valence-corrected chi connectivity index (χ4v) is 2.26. The molecule has 0 aliphatic rings. The lowest BCUT2D eigenvalue weighted by Gasteiger charge is -2.17. The van der Waals surface area contributed by atoms with E-state index in [0.29, 0.717) is 5.56 Å². The number of esters is 1. The molecular formula is C12H15N3O4S. The molecule has 8 heteroatoms. The standard InChI is InChI=1S/C12H15N3O4S/c1-15(7-6-12(16)19-2)20(17,18)14-11-5-3-4-10(8-11)9-13/h3-5,8,14H,6-7H2,1-2H3. The van der Waals surface area contributed by atoms with Crippen LogP contribution in [0.1, 0.15) is 12.0 Å². The van der Waals surface area contributed by atoms with Gasteiger partial charge >= 0.3 is 16.2 Å². The lowest BCUT2D eigenvalue weighted by molar-refractivity contribution is -0.140. The van der Waals surface area contributed by atoms with Gasteiger partial charge in [-0.05, 0) is 18.2 Å². The lowest BCUT2D eigenvalue weighted by Crippen LogP contribution is -2.34. The first-order valence-corrected chi connectivity index (χ1v) is 7.14. The van der Waals surface area contributed by atoms with Crippen LogP contribution in [0.4, 0.5) is 5.69 Å². The van der Waals surface area contributed by atoms with Crippen LogP contribution < -0.4 is 4.72 Å². The van der Waals surface area contributed by atoms with E-state index in [2.05, 4.69) is 9.46 Å². The van der Waals surface area contributed by atoms with Gasteiger partial charge in [0.15, 0.2) is 0 Å². The van der Waals surface area contributed by atoms with Gasteiger partial charge in [0.1, 0.15) is 0 Å². The van der Waals surface area contributed by atoms with Crippen molar-refractivity contribution >= 4 is 21.9 Å². The van der Waals surface area contributed by atoms with Gasteiger partial charge in [0.2, 0.25) is 0 Å². The Labute approximate surface area is 117 Å². The Morgan fingerprint density at radius 1 is 1.50 bits per heavy atom. The Kier molecular flexibility index (Phi) is 5.49. The van der Waals surface area contributed by atoms with E-state index >= 15 is 0 Å². The third kappa shape index (κ3) is 4.53. The van der Waals surface area contributed by atoms with Crippen molar-refractivity contribution in [3.63, 3.8) is 0 Å². The van der Waals surface area contributed by atoms with Crippen LogP contribution >= 0.6 is 0 Å². The van der Waals surface area contributed by atoms with Gasteiger partial charge in [-0.25, -0.2) is 0 Å². The average Bonchev–Trinajstić information content (AvgIpc) is 2.43. The van der Waals surface area contributed by atoms with Gasteiger partial charge in [-0.1, -0.05) is 6.07 Å². The van der Waals surface area contributed by atoms with Gasteiger partial charge in [0.05, 0.1) is 30.9 Å². The average molecular weight is 297 g/mol. The normalized spacial score (nSPS) is 10.9. The number of carbonyl (C=O) groups excluding carboxylic acids is 1. The number of carbonyl (C=O) groups is 1. The minimum Gasteiger partial charge on any atom is -0.469 e. The summed E-state index contributed by atoms with van der Waals surface area (Å²) in [7, 11) is -1.19. The molecule has 20 heavy (non-hydrogen) atoms. The Balaban J connectivity index is 2.73. The molecule has 0 heterocycles. The van der Waals surface area contributed by atoms with Crippen molar-refractivity contribution in [3.05, 3.63) is 29.8 Å². The smallest absolute Gasteiger partial charge is 0.306 e. The molecule has 0 fully saturated rings. The number of methoxy groups -OCH3 is 1. The number of benzene rings is 1. The quantitative estimate of drug-likeness (QED) is 0.779. The van der Waals surface area contributed by atoms with Crippen LogP contribution in [0.15, 0.2) is 24.3 Å². The summed E-state index contributed by atoms with van der Waals surface area (Å²) in [5.74, 6) is -0.487. The zero-order valence-corrected chi connectivity index (χ0v) is 12.0. The van der Waals surface area contributed by atoms with E-state index in [0.717, 1.165) is 4.31 Å². The summed E-state index contributed by atoms with van der Waals surface area (Å²) in [6.07, 6.45) is -0.0356. The van der Waals surface area contributed by atoms with E-state index in [1.807, 2.05) is 6.07 Å². The van der Waals surface area contributed by atoms with Crippen molar-refractivity contribution in [2.45, 2.75) is 6.42 Å². The van der Waals surface area contributed by atoms with Crippen LogP contribution in [0.25, 0.3) is 0 Å². The fourth-order valence-electron chi connectivity index (χ4n) is 1.35. The van der Waals surface area contributed by atoms with Crippen molar-refractivity contribution in [2.24, 2.45) is 0 Å². The molecule has 1 N–H and O–H groups in total. The van der Waals surface area contributed by atoms with Gasteiger partial charge in [-0.3, -0.25) is 9.52 Å². The van der Waals surface area contributed by atoms with E-state index in [-0.39, 0.29) is 18.7 Å². The molecule has 0 aliphatic carbocycles. The molecule has 1 aromatic rings. The molecule has 0 aliphatic heterocycles. The maximum Gasteiger partial charge on any atom is 0.306 e. The Morgan fingerprint density at radius 3 is 2.80 bits per heavy atom. The minimum atomic E-state index is -3.78. The predicted octanol–water partition coefficient (Wildman–Crippen LogP) is 0.710. The van der Waals surface area contributed by atoms with Gasteiger partial charge < -0.3 is 4.74 Å². The third-order valence-electron chi connectivity index (χ3n) is 2.51. The highest BCUT2D eigenvalue weighted by Crippen LogP contribution is 2.13. The van der Waals surface area contributed by atoms with Crippen LogP contribution in [0.3, 0.4) is 0 Å². The molecule has 0 aromatic heterocycles. The van der Waals surface area contributed by atoms with Crippen molar-refractivity contribution in [2.75, 3.05) is 25.4 Å². The Morgan fingerprint density at radius 2 is 2.20 bits per heavy atom.